The van der Waals surface area contributed by atoms with Crippen molar-refractivity contribution in [1.82, 2.24) is 19.1 Å². The van der Waals surface area contributed by atoms with Gasteiger partial charge in [-0.15, -0.1) is 0 Å². The van der Waals surface area contributed by atoms with Gasteiger partial charge in [0, 0.05) is 18.6 Å². The zero-order valence-corrected chi connectivity index (χ0v) is 14.8. The van der Waals surface area contributed by atoms with Crippen LogP contribution < -0.4 is 9.46 Å². The first-order chi connectivity index (χ1) is 12.7. The van der Waals surface area contributed by atoms with Crippen LogP contribution >= 0.6 is 0 Å². The van der Waals surface area contributed by atoms with E-state index >= 15 is 0 Å². The van der Waals surface area contributed by atoms with E-state index in [-0.39, 0.29) is 11.2 Å². The summed E-state index contributed by atoms with van der Waals surface area (Å²) in [5.41, 5.74) is -0.0672. The summed E-state index contributed by atoms with van der Waals surface area (Å²) in [5, 5.41) is -0.532. The molecule has 0 saturated heterocycles. The number of ether oxygens (including phenoxy) is 1. The maximum absolute atomic E-state index is 13.5. The van der Waals surface area contributed by atoms with Gasteiger partial charge in [0.1, 0.15) is 11.8 Å². The number of nitrogens with one attached hydrogen (secondary N) is 1. The van der Waals surface area contributed by atoms with Crippen LogP contribution in [0, 0.1) is 0 Å². The van der Waals surface area contributed by atoms with E-state index in [1.54, 1.807) is 11.6 Å². The van der Waals surface area contributed by atoms with Crippen molar-refractivity contribution in [3.8, 4) is 5.75 Å². The van der Waals surface area contributed by atoms with Crippen molar-refractivity contribution in [2.75, 3.05) is 6.61 Å². The first-order valence-corrected chi connectivity index (χ1v) is 9.29. The third kappa shape index (κ3) is 4.19. The Morgan fingerprint density at radius 2 is 1.96 bits per heavy atom. The Morgan fingerprint density at radius 3 is 2.56 bits per heavy atom. The Bertz CT molecular complexity index is 1000. The molecule has 27 heavy (non-hydrogen) atoms. The molecule has 0 aliphatic carbocycles. The van der Waals surface area contributed by atoms with Crippen molar-refractivity contribution < 1.29 is 26.3 Å². The number of hydrogen-bond acceptors (Lipinski definition) is 5. The van der Waals surface area contributed by atoms with Gasteiger partial charge in [-0.3, -0.25) is 4.98 Å². The van der Waals surface area contributed by atoms with Gasteiger partial charge in [-0.05, 0) is 24.6 Å². The van der Waals surface area contributed by atoms with Crippen LogP contribution in [-0.2, 0) is 10.0 Å². The normalized spacial score (nSPS) is 13.6. The average Bonchev–Trinajstić information content (AvgIpc) is 3.05. The van der Waals surface area contributed by atoms with Crippen LogP contribution in [-0.4, -0.2) is 35.6 Å². The maximum atomic E-state index is 13.5. The summed E-state index contributed by atoms with van der Waals surface area (Å²) >= 11 is 0. The molecule has 0 bridgehead atoms. The highest BCUT2D eigenvalue weighted by atomic mass is 32.2. The van der Waals surface area contributed by atoms with E-state index in [2.05, 4.69) is 9.97 Å². The lowest BCUT2D eigenvalue weighted by molar-refractivity contribution is -0.153. The lowest BCUT2D eigenvalue weighted by atomic mass is 10.1. The summed E-state index contributed by atoms with van der Waals surface area (Å²) in [6.45, 7) is 2.10. The fourth-order valence-electron chi connectivity index (χ4n) is 2.41. The van der Waals surface area contributed by atoms with Gasteiger partial charge in [-0.1, -0.05) is 12.1 Å². The minimum atomic E-state index is -4.85. The molecule has 0 spiro atoms. The van der Waals surface area contributed by atoms with Gasteiger partial charge in [-0.2, -0.15) is 17.9 Å². The fraction of sp³-hybridized carbons (Fsp3) is 0.250. The third-order valence-electron chi connectivity index (χ3n) is 3.64. The van der Waals surface area contributed by atoms with Gasteiger partial charge < -0.3 is 9.14 Å². The highest BCUT2D eigenvalue weighted by Gasteiger charge is 2.44. The number of hydrogen-bond donors (Lipinski definition) is 1. The van der Waals surface area contributed by atoms with Gasteiger partial charge in [-0.25, -0.2) is 13.4 Å². The second kappa shape index (κ2) is 7.16. The number of fused-ring (bicyclic) bond motifs is 1. The van der Waals surface area contributed by atoms with E-state index in [0.29, 0.717) is 12.4 Å². The van der Waals surface area contributed by atoms with Crippen LogP contribution in [0.3, 0.4) is 0 Å². The molecule has 3 rings (SSSR count). The molecule has 1 atom stereocenters. The number of rotatable bonds is 6. The number of alkyl halides is 3. The Hall–Kier alpha value is -2.66. The molecule has 144 valence electrons. The molecule has 7 nitrogen and oxygen atoms in total. The molecule has 3 aromatic rings. The van der Waals surface area contributed by atoms with E-state index in [9.17, 15) is 21.6 Å². The van der Waals surface area contributed by atoms with Gasteiger partial charge in [0.25, 0.3) is 10.0 Å². The Labute approximate surface area is 152 Å². The second-order valence-electron chi connectivity index (χ2n) is 5.52. The molecule has 1 aromatic carbocycles. The second-order valence-corrected chi connectivity index (χ2v) is 7.18. The monoisotopic (exact) mass is 400 g/mol. The molecule has 0 saturated carbocycles. The van der Waals surface area contributed by atoms with E-state index in [1.165, 1.54) is 47.3 Å². The molecule has 0 radical (unpaired) electrons. The average molecular weight is 400 g/mol. The molecule has 1 N–H and O–H groups in total. The standard InChI is InChI=1S/C16H15F3N4O3S/c1-2-26-12-5-3-11(4-6-12)15(16(17,18)19)22-27(24,25)14-10-23-8-7-20-9-13(23)21-14/h3-10,15,22H,2H2,1H3/t15-/m1/s1. The molecule has 0 fully saturated rings. The zero-order valence-electron chi connectivity index (χ0n) is 14.0. The summed E-state index contributed by atoms with van der Waals surface area (Å²) in [6, 6.07) is 2.60. The van der Waals surface area contributed by atoms with Crippen LogP contribution in [0.4, 0.5) is 13.2 Å². The van der Waals surface area contributed by atoms with Gasteiger partial charge in [0.15, 0.2) is 10.7 Å². The van der Waals surface area contributed by atoms with E-state index in [0.717, 1.165) is 6.20 Å². The molecule has 11 heteroatoms. The number of halogens is 3. The molecule has 0 amide bonds. The summed E-state index contributed by atoms with van der Waals surface area (Å²) in [6.07, 6.45) is 0.407. The maximum Gasteiger partial charge on any atom is 0.408 e. The van der Waals surface area contributed by atoms with Gasteiger partial charge >= 0.3 is 6.18 Å². The highest BCUT2D eigenvalue weighted by molar-refractivity contribution is 7.89. The molecule has 0 aliphatic heterocycles. The van der Waals surface area contributed by atoms with Crippen molar-refractivity contribution in [2.24, 2.45) is 0 Å². The van der Waals surface area contributed by atoms with E-state index in [4.69, 9.17) is 4.74 Å². The van der Waals surface area contributed by atoms with E-state index in [1.807, 2.05) is 0 Å². The summed E-state index contributed by atoms with van der Waals surface area (Å²) in [4.78, 5) is 7.60. The largest absolute Gasteiger partial charge is 0.494 e. The first kappa shape index (κ1) is 19.1. The zero-order chi connectivity index (χ0) is 19.7. The lowest BCUT2D eigenvalue weighted by Crippen LogP contribution is -2.38. The van der Waals surface area contributed by atoms with E-state index < -0.39 is 27.3 Å². The molecule has 0 unspecified atom stereocenters. The predicted octanol–water partition coefficient (Wildman–Crippen LogP) is 2.71. The minimum absolute atomic E-state index is 0.197. The summed E-state index contributed by atoms with van der Waals surface area (Å²) in [7, 11) is -4.53. The topological polar surface area (TPSA) is 85.6 Å². The van der Waals surface area contributed by atoms with Crippen molar-refractivity contribution in [3.05, 3.63) is 54.6 Å². The molecular weight excluding hydrogens is 385 g/mol. The number of benzene rings is 1. The fourth-order valence-corrected chi connectivity index (χ4v) is 3.58. The SMILES string of the molecule is CCOc1ccc([C@@H](NS(=O)(=O)c2cn3ccncc3n2)C(F)(F)F)cc1. The Balaban J connectivity index is 1.93. The predicted molar refractivity (Wildman–Crippen MR) is 89.7 cm³/mol. The number of aromatic nitrogens is 3. The lowest BCUT2D eigenvalue weighted by Gasteiger charge is -2.21. The Morgan fingerprint density at radius 1 is 1.26 bits per heavy atom. The van der Waals surface area contributed by atoms with Crippen molar-refractivity contribution in [1.29, 1.82) is 0 Å². The minimum Gasteiger partial charge on any atom is -0.494 e. The number of imidazole rings is 1. The molecule has 2 aromatic heterocycles. The smallest absolute Gasteiger partial charge is 0.408 e. The Kier molecular flexibility index (Phi) is 5.07. The van der Waals surface area contributed by atoms with Gasteiger partial charge in [0.05, 0.1) is 12.8 Å². The van der Waals surface area contributed by atoms with Crippen molar-refractivity contribution >= 4 is 15.7 Å². The van der Waals surface area contributed by atoms with Crippen molar-refractivity contribution in [3.63, 3.8) is 0 Å². The van der Waals surface area contributed by atoms with Crippen LogP contribution in [0.1, 0.15) is 18.5 Å². The first-order valence-electron chi connectivity index (χ1n) is 7.81. The van der Waals surface area contributed by atoms with Crippen LogP contribution in [0.5, 0.6) is 5.75 Å². The van der Waals surface area contributed by atoms with Crippen LogP contribution in [0.2, 0.25) is 0 Å². The van der Waals surface area contributed by atoms with Crippen LogP contribution in [0.15, 0.2) is 54.1 Å². The third-order valence-corrected chi connectivity index (χ3v) is 4.94. The quantitative estimate of drug-likeness (QED) is 0.688. The van der Waals surface area contributed by atoms with Crippen molar-refractivity contribution in [2.45, 2.75) is 24.2 Å². The summed E-state index contributed by atoms with van der Waals surface area (Å²) < 4.78 is 73.7. The summed E-state index contributed by atoms with van der Waals surface area (Å²) in [5.74, 6) is 0.387. The number of sulfonamides is 1. The van der Waals surface area contributed by atoms with Gasteiger partial charge in [0.2, 0.25) is 0 Å². The van der Waals surface area contributed by atoms with Crippen LogP contribution in [0.25, 0.3) is 5.65 Å². The highest BCUT2D eigenvalue weighted by Crippen LogP contribution is 2.34. The number of nitrogens with zero attached hydrogens (tertiary/aromatic N) is 3. The molecule has 2 heterocycles. The molecular formula is C16H15F3N4O3S. The molecule has 0 aliphatic rings.